The fourth-order valence-corrected chi connectivity index (χ4v) is 5.71. The van der Waals surface area contributed by atoms with E-state index >= 15 is 0 Å². The molecule has 5 heteroatoms. The highest BCUT2D eigenvalue weighted by molar-refractivity contribution is 4.82. The molecular weight excluding hydrogens is 599 g/mol. The molecule has 0 aromatic carbocycles. The first kappa shape index (κ1) is 57.6. The van der Waals surface area contributed by atoms with Gasteiger partial charge in [0, 0.05) is 26.7 Å². The second kappa shape index (κ2) is 56.6. The zero-order valence-corrected chi connectivity index (χ0v) is 30.9. The van der Waals surface area contributed by atoms with E-state index < -0.39 is 0 Å². The van der Waals surface area contributed by atoms with E-state index in [4.69, 9.17) is 0 Å². The topological polar surface area (TPSA) is 60.1 Å². The average molecular weight is 698 g/mol. The maximum atomic E-state index is 3.50. The van der Waals surface area contributed by atoms with Crippen molar-refractivity contribution in [2.24, 2.45) is 0 Å². The first-order valence-corrected chi connectivity index (χ1v) is 20.2. The summed E-state index contributed by atoms with van der Waals surface area (Å²) in [5.74, 6) is 0. The van der Waals surface area contributed by atoms with Gasteiger partial charge in [0.25, 0.3) is 0 Å². The molecule has 0 aromatic rings. The minimum absolute atomic E-state index is 0. The van der Waals surface area contributed by atoms with Gasteiger partial charge in [-0.15, -0.1) is 0 Å². The summed E-state index contributed by atoms with van der Waals surface area (Å²) in [6.45, 7) is 10.2. The summed E-state index contributed by atoms with van der Waals surface area (Å²) in [4.78, 5) is 0. The molecule has 0 atom stereocenters. The summed E-state index contributed by atoms with van der Waals surface area (Å²) < 4.78 is 0. The SMILES string of the molecule is C.C.C.C.CCCCCCCC/C=C/CCCCCCCCNCNCNCNCNCCCCCCCC/C=C/CCCCCCCC. The van der Waals surface area contributed by atoms with Gasteiger partial charge in [-0.05, 0) is 77.3 Å². The van der Waals surface area contributed by atoms with Gasteiger partial charge in [0.05, 0.1) is 0 Å². The van der Waals surface area contributed by atoms with E-state index in [1.54, 1.807) is 0 Å². The van der Waals surface area contributed by atoms with Crippen molar-refractivity contribution in [1.29, 1.82) is 0 Å². The molecule has 0 saturated heterocycles. The third-order valence-electron chi connectivity index (χ3n) is 8.73. The highest BCUT2D eigenvalue weighted by atomic mass is 15.2. The van der Waals surface area contributed by atoms with E-state index in [9.17, 15) is 0 Å². The van der Waals surface area contributed by atoms with E-state index in [1.807, 2.05) is 0 Å². The second-order valence-corrected chi connectivity index (χ2v) is 13.3. The molecule has 0 aromatic heterocycles. The molecule has 0 spiro atoms. The van der Waals surface area contributed by atoms with Crippen LogP contribution >= 0.6 is 0 Å². The third-order valence-corrected chi connectivity index (χ3v) is 8.73. The Morgan fingerprint density at radius 1 is 0.265 bits per heavy atom. The van der Waals surface area contributed by atoms with Crippen LogP contribution in [0.2, 0.25) is 0 Å². The van der Waals surface area contributed by atoms with Crippen molar-refractivity contribution in [2.75, 3.05) is 39.8 Å². The predicted molar refractivity (Wildman–Crippen MR) is 231 cm³/mol. The lowest BCUT2D eigenvalue weighted by molar-refractivity contribution is 0.479. The summed E-state index contributed by atoms with van der Waals surface area (Å²) in [6, 6.07) is 0. The quantitative estimate of drug-likeness (QED) is 0.0251. The zero-order valence-electron chi connectivity index (χ0n) is 30.9. The van der Waals surface area contributed by atoms with Gasteiger partial charge in [0.1, 0.15) is 0 Å². The molecule has 0 aliphatic carbocycles. The molecule has 0 aliphatic rings. The molecule has 0 bridgehead atoms. The van der Waals surface area contributed by atoms with Crippen LogP contribution in [0, 0.1) is 0 Å². The Balaban J connectivity index is -0.00000161. The molecule has 0 heterocycles. The van der Waals surface area contributed by atoms with Crippen LogP contribution in [-0.2, 0) is 0 Å². The Labute approximate surface area is 313 Å². The summed E-state index contributed by atoms with van der Waals surface area (Å²) in [5, 5.41) is 17.2. The highest BCUT2D eigenvalue weighted by Gasteiger charge is 1.94. The number of rotatable bonds is 40. The summed E-state index contributed by atoms with van der Waals surface area (Å²) in [5.41, 5.74) is 0. The monoisotopic (exact) mass is 698 g/mol. The number of hydrogen-bond donors (Lipinski definition) is 5. The first-order chi connectivity index (χ1) is 22.4. The molecule has 0 fully saturated rings. The molecule has 0 unspecified atom stereocenters. The average Bonchev–Trinajstić information content (AvgIpc) is 3.05. The second-order valence-electron chi connectivity index (χ2n) is 13.3. The van der Waals surface area contributed by atoms with Crippen molar-refractivity contribution in [3.05, 3.63) is 24.3 Å². The molecule has 5 nitrogen and oxygen atoms in total. The lowest BCUT2D eigenvalue weighted by Gasteiger charge is -2.10. The number of unbranched alkanes of at least 4 members (excludes halogenated alkanes) is 24. The van der Waals surface area contributed by atoms with Gasteiger partial charge in [-0.2, -0.15) is 0 Å². The van der Waals surface area contributed by atoms with Crippen molar-refractivity contribution < 1.29 is 0 Å². The Morgan fingerprint density at radius 2 is 0.490 bits per heavy atom. The van der Waals surface area contributed by atoms with Crippen molar-refractivity contribution in [3.8, 4) is 0 Å². The van der Waals surface area contributed by atoms with Crippen LogP contribution in [0.15, 0.2) is 24.3 Å². The molecular formula is C44H99N5. The smallest absolute Gasteiger partial charge is 0.0474 e. The molecule has 0 radical (unpaired) electrons. The van der Waals surface area contributed by atoms with Crippen LogP contribution in [0.25, 0.3) is 0 Å². The first-order valence-electron chi connectivity index (χ1n) is 20.2. The fourth-order valence-electron chi connectivity index (χ4n) is 5.71. The van der Waals surface area contributed by atoms with Crippen LogP contribution < -0.4 is 26.6 Å². The Kier molecular flexibility index (Phi) is 66.6. The summed E-state index contributed by atoms with van der Waals surface area (Å²) in [6.07, 6.45) is 48.0. The van der Waals surface area contributed by atoms with Gasteiger partial charge < -0.3 is 10.6 Å². The molecule has 49 heavy (non-hydrogen) atoms. The van der Waals surface area contributed by atoms with E-state index in [0.717, 1.165) is 39.8 Å². The molecule has 5 N–H and O–H groups in total. The molecule has 300 valence electrons. The molecule has 0 amide bonds. The lowest BCUT2D eigenvalue weighted by Crippen LogP contribution is -2.42. The van der Waals surface area contributed by atoms with E-state index in [-0.39, 0.29) is 29.7 Å². The zero-order chi connectivity index (χ0) is 32.4. The molecule has 0 aliphatic heterocycles. The molecule has 0 rings (SSSR count). The Morgan fingerprint density at radius 3 is 0.776 bits per heavy atom. The summed E-state index contributed by atoms with van der Waals surface area (Å²) in [7, 11) is 0. The third kappa shape index (κ3) is 56.9. The van der Waals surface area contributed by atoms with Crippen molar-refractivity contribution in [3.63, 3.8) is 0 Å². The summed E-state index contributed by atoms with van der Waals surface area (Å²) >= 11 is 0. The van der Waals surface area contributed by atoms with Crippen molar-refractivity contribution in [1.82, 2.24) is 26.6 Å². The van der Waals surface area contributed by atoms with Crippen LogP contribution in [0.1, 0.15) is 223 Å². The van der Waals surface area contributed by atoms with Crippen LogP contribution in [0.5, 0.6) is 0 Å². The van der Waals surface area contributed by atoms with E-state index in [2.05, 4.69) is 64.7 Å². The maximum absolute atomic E-state index is 3.50. The van der Waals surface area contributed by atoms with Crippen LogP contribution in [-0.4, -0.2) is 39.8 Å². The van der Waals surface area contributed by atoms with Gasteiger partial charge in [-0.3, -0.25) is 16.0 Å². The molecule has 0 saturated carbocycles. The van der Waals surface area contributed by atoms with Crippen LogP contribution in [0.3, 0.4) is 0 Å². The van der Waals surface area contributed by atoms with Gasteiger partial charge in [-0.1, -0.05) is 183 Å². The van der Waals surface area contributed by atoms with Gasteiger partial charge in [-0.25, -0.2) is 0 Å². The van der Waals surface area contributed by atoms with E-state index in [1.165, 1.54) is 180 Å². The number of allylic oxidation sites excluding steroid dienone is 4. The number of nitrogens with one attached hydrogen (secondary N) is 5. The van der Waals surface area contributed by atoms with Crippen molar-refractivity contribution in [2.45, 2.75) is 223 Å². The van der Waals surface area contributed by atoms with Crippen LogP contribution in [0.4, 0.5) is 0 Å². The minimum atomic E-state index is 0. The minimum Gasteiger partial charge on any atom is -0.304 e. The largest absolute Gasteiger partial charge is 0.304 e. The van der Waals surface area contributed by atoms with Gasteiger partial charge in [0.2, 0.25) is 0 Å². The van der Waals surface area contributed by atoms with Gasteiger partial charge in [0.15, 0.2) is 0 Å². The fraction of sp³-hybridized carbons (Fsp3) is 0.909. The maximum Gasteiger partial charge on any atom is 0.0474 e. The highest BCUT2D eigenvalue weighted by Crippen LogP contribution is 2.11. The normalized spacial score (nSPS) is 11.0. The Hall–Kier alpha value is -0.720. The Bertz CT molecular complexity index is 518. The number of hydrogen-bond acceptors (Lipinski definition) is 5. The predicted octanol–water partition coefficient (Wildman–Crippen LogP) is 13.4. The van der Waals surface area contributed by atoms with E-state index in [0.29, 0.717) is 0 Å². The van der Waals surface area contributed by atoms with Crippen molar-refractivity contribution >= 4 is 0 Å². The standard InChI is InChI=1S/C40H83N5.4CH4/c1-3-5-7-9-11-13-15-17-19-21-23-25-27-29-31-33-35-41-37-43-39-45-40-44-38-42-36-34-32-30-28-26-24-22-20-18-16-14-12-10-8-6-4-2;;;;/h17-20,41-45H,3-16,21-40H2,1-2H3;4*1H4/b19-17+,20-18+;;;;. The lowest BCUT2D eigenvalue weighted by atomic mass is 10.1. The van der Waals surface area contributed by atoms with Gasteiger partial charge >= 0.3 is 0 Å².